The van der Waals surface area contributed by atoms with Crippen LogP contribution < -0.4 is 0 Å². The maximum absolute atomic E-state index is 12.1. The predicted molar refractivity (Wildman–Crippen MR) is 83.6 cm³/mol. The van der Waals surface area contributed by atoms with Gasteiger partial charge in [-0.3, -0.25) is 0 Å². The minimum absolute atomic E-state index is 0.0631. The standard InChI is InChI=1S/C17H27NO4/c1-13(15-8-6-10-20-15)21-12-14-7-5-9-18(11-14)16(19)22-17(2,3)4/h6,8,10,13-14H,5,7,9,11-12H2,1-4H3/t13-,14+/m0/s1. The number of likely N-dealkylation sites (tertiary alicyclic amines) is 1. The van der Waals surface area contributed by atoms with Crippen molar-refractivity contribution in [2.24, 2.45) is 5.92 Å². The fraction of sp³-hybridized carbons (Fsp3) is 0.706. The molecular formula is C17H27NO4. The quantitative estimate of drug-likeness (QED) is 0.843. The lowest BCUT2D eigenvalue weighted by atomic mass is 9.99. The number of hydrogen-bond acceptors (Lipinski definition) is 4. The van der Waals surface area contributed by atoms with Crippen molar-refractivity contribution in [3.63, 3.8) is 0 Å². The van der Waals surface area contributed by atoms with Crippen molar-refractivity contribution in [2.75, 3.05) is 19.7 Å². The van der Waals surface area contributed by atoms with Crippen LogP contribution in [0.25, 0.3) is 0 Å². The Hall–Kier alpha value is -1.49. The van der Waals surface area contributed by atoms with Crippen LogP contribution in [0, 0.1) is 5.92 Å². The van der Waals surface area contributed by atoms with Gasteiger partial charge in [0.2, 0.25) is 0 Å². The Bertz CT molecular complexity index is 464. The van der Waals surface area contributed by atoms with Crippen LogP contribution in [0.15, 0.2) is 22.8 Å². The maximum Gasteiger partial charge on any atom is 0.410 e. The summed E-state index contributed by atoms with van der Waals surface area (Å²) in [6.45, 7) is 9.73. The summed E-state index contributed by atoms with van der Waals surface area (Å²) in [4.78, 5) is 13.9. The van der Waals surface area contributed by atoms with Crippen LogP contribution in [0.3, 0.4) is 0 Å². The van der Waals surface area contributed by atoms with E-state index < -0.39 is 5.60 Å². The Kier molecular flexibility index (Phi) is 5.51. The molecule has 1 aromatic rings. The summed E-state index contributed by atoms with van der Waals surface area (Å²) in [5.74, 6) is 1.18. The summed E-state index contributed by atoms with van der Waals surface area (Å²) < 4.78 is 16.7. The van der Waals surface area contributed by atoms with Crippen molar-refractivity contribution in [1.82, 2.24) is 4.90 Å². The Morgan fingerprint density at radius 2 is 2.27 bits per heavy atom. The van der Waals surface area contributed by atoms with Gasteiger partial charge in [0, 0.05) is 19.0 Å². The highest BCUT2D eigenvalue weighted by molar-refractivity contribution is 5.68. The van der Waals surface area contributed by atoms with Crippen LogP contribution in [0.5, 0.6) is 0 Å². The fourth-order valence-corrected chi connectivity index (χ4v) is 2.58. The van der Waals surface area contributed by atoms with Crippen LogP contribution in [0.2, 0.25) is 0 Å². The largest absolute Gasteiger partial charge is 0.467 e. The molecule has 124 valence electrons. The van der Waals surface area contributed by atoms with Crippen molar-refractivity contribution < 1.29 is 18.7 Å². The van der Waals surface area contributed by atoms with E-state index >= 15 is 0 Å². The predicted octanol–water partition coefficient (Wildman–Crippen LogP) is 4.00. The van der Waals surface area contributed by atoms with E-state index in [1.54, 1.807) is 11.2 Å². The molecule has 1 fully saturated rings. The van der Waals surface area contributed by atoms with Gasteiger partial charge in [0.05, 0.1) is 12.9 Å². The molecule has 5 nitrogen and oxygen atoms in total. The lowest BCUT2D eigenvalue weighted by molar-refractivity contribution is -0.00817. The summed E-state index contributed by atoms with van der Waals surface area (Å²) in [5, 5.41) is 0. The summed E-state index contributed by atoms with van der Waals surface area (Å²) in [6, 6.07) is 3.78. The average molecular weight is 309 g/mol. The normalized spacial score (nSPS) is 20.7. The number of carbonyl (C=O) groups excluding carboxylic acids is 1. The zero-order valence-electron chi connectivity index (χ0n) is 14.0. The van der Waals surface area contributed by atoms with E-state index in [1.165, 1.54) is 0 Å². The number of piperidine rings is 1. The lowest BCUT2D eigenvalue weighted by Gasteiger charge is -2.34. The Morgan fingerprint density at radius 1 is 1.50 bits per heavy atom. The SMILES string of the molecule is C[C@H](OC[C@@H]1CCCN(C(=O)OC(C)(C)C)C1)c1ccco1. The van der Waals surface area contributed by atoms with Gasteiger partial charge in [-0.1, -0.05) is 0 Å². The number of hydrogen-bond donors (Lipinski definition) is 0. The molecule has 1 aliphatic heterocycles. The third kappa shape index (κ3) is 5.05. The molecule has 22 heavy (non-hydrogen) atoms. The van der Waals surface area contributed by atoms with Gasteiger partial charge in [-0.05, 0) is 52.7 Å². The second kappa shape index (κ2) is 7.18. The third-order valence-corrected chi connectivity index (χ3v) is 3.70. The van der Waals surface area contributed by atoms with Gasteiger partial charge in [0.25, 0.3) is 0 Å². The van der Waals surface area contributed by atoms with Crippen molar-refractivity contribution in [2.45, 2.75) is 52.2 Å². The Balaban J connectivity index is 1.79. The minimum atomic E-state index is -0.450. The highest BCUT2D eigenvalue weighted by atomic mass is 16.6. The van der Waals surface area contributed by atoms with E-state index in [0.717, 1.165) is 25.1 Å². The molecule has 1 aromatic heterocycles. The first-order valence-corrected chi connectivity index (χ1v) is 7.98. The number of ether oxygens (including phenoxy) is 2. The van der Waals surface area contributed by atoms with Gasteiger partial charge < -0.3 is 18.8 Å². The van der Waals surface area contributed by atoms with Crippen LogP contribution in [-0.4, -0.2) is 36.3 Å². The Morgan fingerprint density at radius 3 is 2.91 bits per heavy atom. The summed E-state index contributed by atoms with van der Waals surface area (Å²) in [5.41, 5.74) is -0.450. The minimum Gasteiger partial charge on any atom is -0.467 e. The van der Waals surface area contributed by atoms with E-state index in [0.29, 0.717) is 19.1 Å². The monoisotopic (exact) mass is 309 g/mol. The van der Waals surface area contributed by atoms with Crippen molar-refractivity contribution in [3.05, 3.63) is 24.2 Å². The lowest BCUT2D eigenvalue weighted by Crippen LogP contribution is -2.43. The van der Waals surface area contributed by atoms with E-state index in [4.69, 9.17) is 13.9 Å². The highest BCUT2D eigenvalue weighted by Crippen LogP contribution is 2.23. The molecule has 1 aliphatic rings. The molecule has 0 aromatic carbocycles. The van der Waals surface area contributed by atoms with E-state index in [-0.39, 0.29) is 12.2 Å². The van der Waals surface area contributed by atoms with Gasteiger partial charge >= 0.3 is 6.09 Å². The number of amides is 1. The topological polar surface area (TPSA) is 51.9 Å². The van der Waals surface area contributed by atoms with E-state index in [2.05, 4.69) is 0 Å². The molecule has 0 spiro atoms. The number of carbonyl (C=O) groups is 1. The second-order valence-corrected chi connectivity index (χ2v) is 6.93. The summed E-state index contributed by atoms with van der Waals surface area (Å²) in [7, 11) is 0. The van der Waals surface area contributed by atoms with Crippen molar-refractivity contribution in [3.8, 4) is 0 Å². The molecule has 0 aliphatic carbocycles. The first kappa shape index (κ1) is 16.9. The van der Waals surface area contributed by atoms with Crippen molar-refractivity contribution >= 4 is 6.09 Å². The molecule has 0 unspecified atom stereocenters. The van der Waals surface area contributed by atoms with Crippen LogP contribution >= 0.6 is 0 Å². The smallest absolute Gasteiger partial charge is 0.410 e. The van der Waals surface area contributed by atoms with Crippen LogP contribution in [0.4, 0.5) is 4.79 Å². The van der Waals surface area contributed by atoms with E-state index in [1.807, 2.05) is 39.8 Å². The zero-order valence-corrected chi connectivity index (χ0v) is 14.0. The second-order valence-electron chi connectivity index (χ2n) is 6.93. The molecule has 1 saturated heterocycles. The third-order valence-electron chi connectivity index (χ3n) is 3.70. The summed E-state index contributed by atoms with van der Waals surface area (Å²) >= 11 is 0. The number of furan rings is 1. The van der Waals surface area contributed by atoms with Gasteiger partial charge in [-0.25, -0.2) is 4.79 Å². The van der Waals surface area contributed by atoms with E-state index in [9.17, 15) is 4.79 Å². The molecule has 1 amide bonds. The number of rotatable bonds is 4. The molecule has 0 saturated carbocycles. The molecular weight excluding hydrogens is 282 g/mol. The van der Waals surface area contributed by atoms with Gasteiger partial charge in [-0.15, -0.1) is 0 Å². The van der Waals surface area contributed by atoms with Gasteiger partial charge in [0.1, 0.15) is 17.5 Å². The average Bonchev–Trinajstić information content (AvgIpc) is 2.97. The molecule has 0 radical (unpaired) electrons. The Labute approximate surface area is 132 Å². The molecule has 2 heterocycles. The molecule has 0 bridgehead atoms. The number of nitrogens with zero attached hydrogens (tertiary/aromatic N) is 1. The maximum atomic E-state index is 12.1. The molecule has 5 heteroatoms. The molecule has 0 N–H and O–H groups in total. The van der Waals surface area contributed by atoms with Crippen LogP contribution in [-0.2, 0) is 9.47 Å². The fourth-order valence-electron chi connectivity index (χ4n) is 2.58. The van der Waals surface area contributed by atoms with Crippen LogP contribution in [0.1, 0.15) is 52.4 Å². The van der Waals surface area contributed by atoms with Gasteiger partial charge in [-0.2, -0.15) is 0 Å². The molecule has 2 rings (SSSR count). The first-order valence-electron chi connectivity index (χ1n) is 7.98. The highest BCUT2D eigenvalue weighted by Gasteiger charge is 2.28. The first-order chi connectivity index (χ1) is 10.3. The van der Waals surface area contributed by atoms with Gasteiger partial charge in [0.15, 0.2) is 0 Å². The molecule has 2 atom stereocenters. The zero-order chi connectivity index (χ0) is 16.2. The summed E-state index contributed by atoms with van der Waals surface area (Å²) in [6.07, 6.45) is 3.43. The van der Waals surface area contributed by atoms with Crippen molar-refractivity contribution in [1.29, 1.82) is 0 Å².